The number of rotatable bonds is 5. The van der Waals surface area contributed by atoms with Gasteiger partial charge >= 0.3 is 0 Å². The predicted octanol–water partition coefficient (Wildman–Crippen LogP) is 5.28. The van der Waals surface area contributed by atoms with Crippen LogP contribution in [-0.4, -0.2) is 23.2 Å². The van der Waals surface area contributed by atoms with E-state index in [-0.39, 0.29) is 11.8 Å². The van der Waals surface area contributed by atoms with E-state index in [1.54, 1.807) is 19.2 Å². The van der Waals surface area contributed by atoms with Crippen molar-refractivity contribution in [1.29, 1.82) is 0 Å². The van der Waals surface area contributed by atoms with Gasteiger partial charge in [0, 0.05) is 11.3 Å². The van der Waals surface area contributed by atoms with Crippen LogP contribution < -0.4 is 10.1 Å². The Kier molecular flexibility index (Phi) is 5.30. The number of anilines is 1. The Bertz CT molecular complexity index is 1200. The Morgan fingerprint density at radius 2 is 1.73 bits per heavy atom. The number of nitrogens with one attached hydrogen (secondary N) is 1. The molecule has 1 amide bonds. The monoisotopic (exact) mass is 399 g/mol. The first-order chi connectivity index (χ1) is 14.6. The number of benzene rings is 3. The molecule has 1 aromatic heterocycles. The van der Waals surface area contributed by atoms with Gasteiger partial charge in [-0.3, -0.25) is 4.79 Å². The van der Waals surface area contributed by atoms with Gasteiger partial charge in [0.25, 0.3) is 11.8 Å². The summed E-state index contributed by atoms with van der Waals surface area (Å²) in [5.41, 5.74) is 4.75. The minimum absolute atomic E-state index is 0.233. The highest BCUT2D eigenvalue weighted by Crippen LogP contribution is 2.27. The molecule has 3 aromatic carbocycles. The second kappa shape index (κ2) is 8.21. The van der Waals surface area contributed by atoms with Crippen LogP contribution in [0.4, 0.5) is 5.69 Å². The van der Waals surface area contributed by atoms with Crippen molar-refractivity contribution in [2.45, 2.75) is 13.8 Å². The zero-order valence-corrected chi connectivity index (χ0v) is 17.0. The van der Waals surface area contributed by atoms with Gasteiger partial charge in [-0.05, 0) is 67.4 Å². The summed E-state index contributed by atoms with van der Waals surface area (Å²) in [5.74, 6) is 1.24. The molecule has 0 bridgehead atoms. The molecule has 0 fully saturated rings. The first-order valence-corrected chi connectivity index (χ1v) is 9.52. The highest BCUT2D eigenvalue weighted by molar-refractivity contribution is 6.08. The van der Waals surface area contributed by atoms with E-state index >= 15 is 0 Å². The highest BCUT2D eigenvalue weighted by Gasteiger charge is 2.19. The number of ether oxygens (including phenoxy) is 1. The van der Waals surface area contributed by atoms with Gasteiger partial charge in [-0.1, -0.05) is 29.4 Å². The smallest absolute Gasteiger partial charge is 0.259 e. The van der Waals surface area contributed by atoms with Gasteiger partial charge in [0.2, 0.25) is 5.82 Å². The standard InChI is InChI=1S/C24H21N3O3/c1-15-7-6-10-21(16(15)2)25-23(28)19-8-4-5-9-20(19)24-26-22(27-30-24)17-11-13-18(29-3)14-12-17/h4-14H,1-3H3,(H,25,28). The van der Waals surface area contributed by atoms with Crippen molar-refractivity contribution in [3.8, 4) is 28.6 Å². The number of methoxy groups -OCH3 is 1. The SMILES string of the molecule is COc1ccc(-c2noc(-c3ccccc3C(=O)Nc3cccc(C)c3C)n2)cc1. The molecule has 0 aliphatic rings. The van der Waals surface area contributed by atoms with Gasteiger partial charge in [0.05, 0.1) is 18.2 Å². The average molecular weight is 399 g/mol. The molecular formula is C24H21N3O3. The molecular weight excluding hydrogens is 378 g/mol. The van der Waals surface area contributed by atoms with Crippen molar-refractivity contribution in [3.05, 3.63) is 83.4 Å². The number of carbonyl (C=O) groups is 1. The van der Waals surface area contributed by atoms with Crippen molar-refractivity contribution < 1.29 is 14.1 Å². The Labute approximate surface area is 174 Å². The molecule has 0 aliphatic carbocycles. The molecule has 0 atom stereocenters. The summed E-state index contributed by atoms with van der Waals surface area (Å²) >= 11 is 0. The molecule has 0 saturated heterocycles. The normalized spacial score (nSPS) is 10.6. The summed E-state index contributed by atoms with van der Waals surface area (Å²) in [7, 11) is 1.61. The van der Waals surface area contributed by atoms with Crippen LogP contribution in [0.25, 0.3) is 22.8 Å². The zero-order valence-electron chi connectivity index (χ0n) is 17.0. The van der Waals surface area contributed by atoms with Crippen LogP contribution in [0.3, 0.4) is 0 Å². The molecule has 1 N–H and O–H groups in total. The van der Waals surface area contributed by atoms with E-state index in [9.17, 15) is 4.79 Å². The molecule has 1 heterocycles. The summed E-state index contributed by atoms with van der Waals surface area (Å²) in [4.78, 5) is 17.5. The summed E-state index contributed by atoms with van der Waals surface area (Å²) in [6, 6.07) is 20.4. The van der Waals surface area contributed by atoms with Gasteiger partial charge in [-0.15, -0.1) is 0 Å². The maximum absolute atomic E-state index is 13.0. The molecule has 6 heteroatoms. The van der Waals surface area contributed by atoms with Crippen LogP contribution in [-0.2, 0) is 0 Å². The van der Waals surface area contributed by atoms with Crippen molar-refractivity contribution in [1.82, 2.24) is 10.1 Å². The van der Waals surface area contributed by atoms with Crippen molar-refractivity contribution >= 4 is 11.6 Å². The fourth-order valence-electron chi connectivity index (χ4n) is 3.13. The lowest BCUT2D eigenvalue weighted by Crippen LogP contribution is -2.14. The van der Waals surface area contributed by atoms with Crippen molar-refractivity contribution in [3.63, 3.8) is 0 Å². The van der Waals surface area contributed by atoms with E-state index in [1.165, 1.54) is 0 Å². The Balaban J connectivity index is 1.64. The highest BCUT2D eigenvalue weighted by atomic mass is 16.5. The van der Waals surface area contributed by atoms with Crippen LogP contribution in [0, 0.1) is 13.8 Å². The van der Waals surface area contributed by atoms with Crippen LogP contribution in [0.5, 0.6) is 5.75 Å². The zero-order chi connectivity index (χ0) is 21.1. The molecule has 4 aromatic rings. The van der Waals surface area contributed by atoms with Crippen molar-refractivity contribution in [2.24, 2.45) is 0 Å². The minimum Gasteiger partial charge on any atom is -0.497 e. The number of hydrogen-bond acceptors (Lipinski definition) is 5. The van der Waals surface area contributed by atoms with Crippen LogP contribution in [0.15, 0.2) is 71.3 Å². The third-order valence-corrected chi connectivity index (χ3v) is 5.03. The van der Waals surface area contributed by atoms with Crippen LogP contribution >= 0.6 is 0 Å². The van der Waals surface area contributed by atoms with E-state index in [2.05, 4.69) is 15.5 Å². The van der Waals surface area contributed by atoms with E-state index in [0.29, 0.717) is 17.0 Å². The van der Waals surface area contributed by atoms with Gasteiger partial charge in [-0.2, -0.15) is 4.98 Å². The number of nitrogens with zero attached hydrogens (tertiary/aromatic N) is 2. The molecule has 4 rings (SSSR count). The number of carbonyl (C=O) groups excluding carboxylic acids is 1. The van der Waals surface area contributed by atoms with Gasteiger partial charge in [0.1, 0.15) is 5.75 Å². The van der Waals surface area contributed by atoms with E-state index in [1.807, 2.05) is 68.4 Å². The summed E-state index contributed by atoms with van der Waals surface area (Å²) < 4.78 is 10.7. The Morgan fingerprint density at radius 1 is 0.967 bits per heavy atom. The lowest BCUT2D eigenvalue weighted by atomic mass is 10.1. The number of aromatic nitrogens is 2. The maximum Gasteiger partial charge on any atom is 0.259 e. The summed E-state index contributed by atoms with van der Waals surface area (Å²) in [5, 5.41) is 7.06. The quantitative estimate of drug-likeness (QED) is 0.494. The first kappa shape index (κ1) is 19.4. The fourth-order valence-corrected chi connectivity index (χ4v) is 3.13. The second-order valence-corrected chi connectivity index (χ2v) is 6.90. The number of amides is 1. The third-order valence-electron chi connectivity index (χ3n) is 5.03. The molecule has 30 heavy (non-hydrogen) atoms. The maximum atomic E-state index is 13.0. The summed E-state index contributed by atoms with van der Waals surface area (Å²) in [6.07, 6.45) is 0. The molecule has 0 saturated carbocycles. The molecule has 0 aliphatic heterocycles. The third kappa shape index (κ3) is 3.80. The van der Waals surface area contributed by atoms with Gasteiger partial charge < -0.3 is 14.6 Å². The lowest BCUT2D eigenvalue weighted by Gasteiger charge is -2.11. The van der Waals surface area contributed by atoms with Crippen molar-refractivity contribution in [2.75, 3.05) is 12.4 Å². The Hall–Kier alpha value is -3.93. The molecule has 6 nitrogen and oxygen atoms in total. The number of hydrogen-bond donors (Lipinski definition) is 1. The largest absolute Gasteiger partial charge is 0.497 e. The second-order valence-electron chi connectivity index (χ2n) is 6.90. The Morgan fingerprint density at radius 3 is 2.50 bits per heavy atom. The molecule has 0 radical (unpaired) electrons. The van der Waals surface area contributed by atoms with Gasteiger partial charge in [-0.25, -0.2) is 0 Å². The lowest BCUT2D eigenvalue weighted by molar-refractivity contribution is 0.102. The minimum atomic E-state index is -0.233. The average Bonchev–Trinajstić information content (AvgIpc) is 3.27. The molecule has 0 spiro atoms. The summed E-state index contributed by atoms with van der Waals surface area (Å²) in [6.45, 7) is 3.99. The van der Waals surface area contributed by atoms with Crippen LogP contribution in [0.2, 0.25) is 0 Å². The predicted molar refractivity (Wildman–Crippen MR) is 116 cm³/mol. The molecule has 150 valence electrons. The van der Waals surface area contributed by atoms with Crippen LogP contribution in [0.1, 0.15) is 21.5 Å². The molecule has 0 unspecified atom stereocenters. The fraction of sp³-hybridized carbons (Fsp3) is 0.125. The van der Waals surface area contributed by atoms with Gasteiger partial charge in [0.15, 0.2) is 0 Å². The van der Waals surface area contributed by atoms with E-state index < -0.39 is 0 Å². The first-order valence-electron chi connectivity index (χ1n) is 9.52. The van der Waals surface area contributed by atoms with E-state index in [4.69, 9.17) is 9.26 Å². The van der Waals surface area contributed by atoms with E-state index in [0.717, 1.165) is 28.1 Å². The number of aryl methyl sites for hydroxylation is 1. The topological polar surface area (TPSA) is 77.2 Å².